The van der Waals surface area contributed by atoms with E-state index in [1.54, 1.807) is 0 Å². The van der Waals surface area contributed by atoms with Crippen molar-refractivity contribution >= 4 is 33.7 Å². The lowest BCUT2D eigenvalue weighted by atomic mass is 9.70. The molecule has 32 heavy (non-hydrogen) atoms. The first-order valence-electron chi connectivity index (χ1n) is 12.0. The number of rotatable bonds is 10. The highest BCUT2D eigenvalue weighted by molar-refractivity contribution is 9.09. The minimum absolute atomic E-state index is 0.0476. The number of carbonyl (C=O) groups is 3. The molecule has 0 aromatic carbocycles. The second-order valence-corrected chi connectivity index (χ2v) is 11.1. The van der Waals surface area contributed by atoms with E-state index >= 15 is 0 Å². The van der Waals surface area contributed by atoms with Gasteiger partial charge in [-0.1, -0.05) is 50.0 Å². The summed E-state index contributed by atoms with van der Waals surface area (Å²) in [5.74, 6) is -2.19. The lowest BCUT2D eigenvalue weighted by molar-refractivity contribution is -0.147. The summed E-state index contributed by atoms with van der Waals surface area (Å²) in [5.41, 5.74) is -1.08. The Balaban J connectivity index is 2.04. The molecule has 3 rings (SSSR count). The first-order chi connectivity index (χ1) is 15.1. The summed E-state index contributed by atoms with van der Waals surface area (Å²) in [6.45, 7) is 10.1. The molecule has 2 bridgehead atoms. The SMILES string of the molecule is CCCNC(=O)[C@H]1[C@H]2C(=O)N([C@@H](CO)C(C)C)C(C(=O)NC(C)CCC)C23CC(Br)[C@@H]1O3. The van der Waals surface area contributed by atoms with E-state index in [0.29, 0.717) is 13.0 Å². The third-order valence-electron chi connectivity index (χ3n) is 7.25. The van der Waals surface area contributed by atoms with Crippen molar-refractivity contribution < 1.29 is 24.2 Å². The summed E-state index contributed by atoms with van der Waals surface area (Å²) in [4.78, 5) is 42.0. The van der Waals surface area contributed by atoms with E-state index in [1.165, 1.54) is 4.90 Å². The second kappa shape index (κ2) is 9.97. The number of nitrogens with zero attached hydrogens (tertiary/aromatic N) is 1. The smallest absolute Gasteiger partial charge is 0.246 e. The fourth-order valence-corrected chi connectivity index (χ4v) is 6.78. The first kappa shape index (κ1) is 25.4. The summed E-state index contributed by atoms with van der Waals surface area (Å²) in [7, 11) is 0. The zero-order valence-corrected chi connectivity index (χ0v) is 21.4. The van der Waals surface area contributed by atoms with Gasteiger partial charge in [0.05, 0.1) is 30.6 Å². The highest BCUT2D eigenvalue weighted by atomic mass is 79.9. The van der Waals surface area contributed by atoms with E-state index < -0.39 is 35.6 Å². The van der Waals surface area contributed by atoms with Gasteiger partial charge in [-0.3, -0.25) is 14.4 Å². The van der Waals surface area contributed by atoms with Gasteiger partial charge in [0, 0.05) is 17.4 Å². The lowest BCUT2D eigenvalue weighted by Gasteiger charge is -2.38. The summed E-state index contributed by atoms with van der Waals surface area (Å²) >= 11 is 3.66. The molecule has 0 aromatic heterocycles. The number of amides is 3. The molecule has 182 valence electrons. The fourth-order valence-electron chi connectivity index (χ4n) is 5.84. The van der Waals surface area contributed by atoms with Crippen molar-refractivity contribution in [3.05, 3.63) is 0 Å². The molecule has 0 aliphatic carbocycles. The quantitative estimate of drug-likeness (QED) is 0.383. The van der Waals surface area contributed by atoms with Crippen molar-refractivity contribution in [1.82, 2.24) is 15.5 Å². The summed E-state index contributed by atoms with van der Waals surface area (Å²) in [6.07, 6.45) is 2.55. The standard InChI is InChI=1S/C23H38BrN3O5/c1-6-8-13(5)26-21(30)19-23-10-14(24)18(32-23)16(20(29)25-9-7-2)17(23)22(31)27(19)15(11-28)12(3)4/h12-19,28H,6-11H2,1-5H3,(H,25,29)(H,26,30)/t13?,14?,15-,16-,17-,18-,19?,23?/m0/s1. The maximum absolute atomic E-state index is 13.9. The van der Waals surface area contributed by atoms with Crippen molar-refractivity contribution in [3.63, 3.8) is 0 Å². The Labute approximate surface area is 199 Å². The van der Waals surface area contributed by atoms with Crippen LogP contribution in [0.1, 0.15) is 60.3 Å². The van der Waals surface area contributed by atoms with Crippen LogP contribution in [0.3, 0.4) is 0 Å². The third kappa shape index (κ3) is 4.09. The Morgan fingerprint density at radius 1 is 1.25 bits per heavy atom. The van der Waals surface area contributed by atoms with Crippen LogP contribution in [0.2, 0.25) is 0 Å². The Morgan fingerprint density at radius 3 is 2.50 bits per heavy atom. The molecule has 0 aromatic rings. The number of likely N-dealkylation sites (tertiary alicyclic amines) is 1. The number of fused-ring (bicyclic) bond motifs is 1. The molecule has 3 N–H and O–H groups in total. The van der Waals surface area contributed by atoms with E-state index in [-0.39, 0.29) is 41.1 Å². The number of halogens is 1. The summed E-state index contributed by atoms with van der Waals surface area (Å²) in [5, 5.41) is 16.1. The fraction of sp³-hybridized carbons (Fsp3) is 0.870. The molecule has 3 amide bonds. The Bertz CT molecular complexity index is 734. The number of nitrogens with one attached hydrogen (secondary N) is 2. The highest BCUT2D eigenvalue weighted by Crippen LogP contribution is 2.60. The largest absolute Gasteiger partial charge is 0.394 e. The average Bonchev–Trinajstić information content (AvgIpc) is 3.30. The predicted molar refractivity (Wildman–Crippen MR) is 124 cm³/mol. The number of ether oxygens (including phenoxy) is 1. The van der Waals surface area contributed by atoms with Crippen LogP contribution in [-0.4, -0.2) is 75.5 Å². The number of aliphatic hydroxyl groups excluding tert-OH is 1. The molecule has 0 radical (unpaired) electrons. The first-order valence-corrected chi connectivity index (χ1v) is 12.9. The van der Waals surface area contributed by atoms with Gasteiger partial charge in [-0.2, -0.15) is 0 Å². The van der Waals surface area contributed by atoms with Crippen LogP contribution < -0.4 is 10.6 Å². The minimum Gasteiger partial charge on any atom is -0.394 e. The van der Waals surface area contributed by atoms with Crippen LogP contribution >= 0.6 is 15.9 Å². The lowest BCUT2D eigenvalue weighted by Crippen LogP contribution is -2.60. The Morgan fingerprint density at radius 2 is 1.94 bits per heavy atom. The molecule has 9 heteroatoms. The highest BCUT2D eigenvalue weighted by Gasteiger charge is 2.77. The normalized spacial score (nSPS) is 35.2. The van der Waals surface area contributed by atoms with Crippen LogP contribution in [-0.2, 0) is 19.1 Å². The maximum atomic E-state index is 13.9. The zero-order chi connectivity index (χ0) is 23.8. The minimum atomic E-state index is -1.08. The van der Waals surface area contributed by atoms with E-state index in [0.717, 1.165) is 19.3 Å². The number of aliphatic hydroxyl groups is 1. The number of alkyl halides is 1. The number of carbonyl (C=O) groups excluding carboxylic acids is 3. The predicted octanol–water partition coefficient (Wildman–Crippen LogP) is 1.58. The van der Waals surface area contributed by atoms with Gasteiger partial charge in [0.1, 0.15) is 11.6 Å². The molecule has 3 heterocycles. The van der Waals surface area contributed by atoms with Crippen LogP contribution in [0, 0.1) is 17.8 Å². The van der Waals surface area contributed by atoms with Gasteiger partial charge in [0.2, 0.25) is 17.7 Å². The van der Waals surface area contributed by atoms with Crippen molar-refractivity contribution in [2.75, 3.05) is 13.2 Å². The monoisotopic (exact) mass is 515 g/mol. The second-order valence-electron chi connectivity index (χ2n) is 9.89. The molecule has 3 aliphatic heterocycles. The molecule has 1 spiro atoms. The van der Waals surface area contributed by atoms with Crippen LogP contribution in [0.5, 0.6) is 0 Å². The number of hydrogen-bond acceptors (Lipinski definition) is 5. The number of hydrogen-bond donors (Lipinski definition) is 3. The summed E-state index contributed by atoms with van der Waals surface area (Å²) < 4.78 is 6.45. The van der Waals surface area contributed by atoms with E-state index in [2.05, 4.69) is 33.5 Å². The molecule has 8 nitrogen and oxygen atoms in total. The van der Waals surface area contributed by atoms with Gasteiger partial charge in [-0.25, -0.2) is 0 Å². The molecule has 4 unspecified atom stereocenters. The van der Waals surface area contributed by atoms with E-state index in [9.17, 15) is 19.5 Å². The van der Waals surface area contributed by atoms with E-state index in [1.807, 2.05) is 27.7 Å². The molecule has 3 saturated heterocycles. The molecular formula is C23H38BrN3O5. The zero-order valence-electron chi connectivity index (χ0n) is 19.8. The van der Waals surface area contributed by atoms with Crippen LogP contribution in [0.15, 0.2) is 0 Å². The van der Waals surface area contributed by atoms with Gasteiger partial charge in [-0.15, -0.1) is 0 Å². The Kier molecular flexibility index (Phi) is 7.93. The Hall–Kier alpha value is -1.19. The molecule has 8 atom stereocenters. The maximum Gasteiger partial charge on any atom is 0.246 e. The third-order valence-corrected chi connectivity index (χ3v) is 8.10. The van der Waals surface area contributed by atoms with Crippen molar-refractivity contribution in [2.24, 2.45) is 17.8 Å². The van der Waals surface area contributed by atoms with Crippen molar-refractivity contribution in [2.45, 2.75) is 95.0 Å². The van der Waals surface area contributed by atoms with Gasteiger partial charge in [-0.05, 0) is 32.1 Å². The molecular weight excluding hydrogens is 478 g/mol. The van der Waals surface area contributed by atoms with Gasteiger partial charge in [0.25, 0.3) is 0 Å². The summed E-state index contributed by atoms with van der Waals surface area (Å²) in [6, 6.07) is -1.46. The van der Waals surface area contributed by atoms with E-state index in [4.69, 9.17) is 4.74 Å². The van der Waals surface area contributed by atoms with Crippen LogP contribution in [0.4, 0.5) is 0 Å². The van der Waals surface area contributed by atoms with Gasteiger partial charge < -0.3 is 25.4 Å². The van der Waals surface area contributed by atoms with Crippen LogP contribution in [0.25, 0.3) is 0 Å². The van der Waals surface area contributed by atoms with Crippen molar-refractivity contribution in [1.29, 1.82) is 0 Å². The molecule has 0 saturated carbocycles. The van der Waals surface area contributed by atoms with Crippen molar-refractivity contribution in [3.8, 4) is 0 Å². The van der Waals surface area contributed by atoms with Gasteiger partial charge >= 0.3 is 0 Å². The van der Waals surface area contributed by atoms with Gasteiger partial charge in [0.15, 0.2) is 0 Å². The average molecular weight is 516 g/mol. The molecule has 3 fully saturated rings. The topological polar surface area (TPSA) is 108 Å². The molecule has 3 aliphatic rings.